The molecule has 0 aliphatic rings. The lowest BCUT2D eigenvalue weighted by Gasteiger charge is -2.08. The van der Waals surface area contributed by atoms with Crippen molar-refractivity contribution in [1.29, 1.82) is 0 Å². The highest BCUT2D eigenvalue weighted by Gasteiger charge is 2.28. The molecule has 0 saturated heterocycles. The van der Waals surface area contributed by atoms with Crippen molar-refractivity contribution in [2.45, 2.75) is 64.7 Å². The van der Waals surface area contributed by atoms with Gasteiger partial charge in [0.15, 0.2) is 0 Å². The second-order valence-corrected chi connectivity index (χ2v) is 4.39. The molecule has 0 aliphatic heterocycles. The van der Waals surface area contributed by atoms with E-state index in [1.807, 2.05) is 0 Å². The number of hydrogen-bond donors (Lipinski definition) is 0. The van der Waals surface area contributed by atoms with Crippen molar-refractivity contribution in [3.05, 3.63) is 0 Å². The van der Waals surface area contributed by atoms with Gasteiger partial charge in [-0.2, -0.15) is 0 Å². The van der Waals surface area contributed by atoms with Crippen molar-refractivity contribution in [3.8, 4) is 0 Å². The van der Waals surface area contributed by atoms with Crippen molar-refractivity contribution >= 4 is 5.97 Å². The Morgan fingerprint density at radius 2 is 1.53 bits per heavy atom. The fraction of sp³-hybridized carbons (Fsp3) is 0.923. The Labute approximate surface area is 112 Å². The summed E-state index contributed by atoms with van der Waals surface area (Å²) >= 11 is 0. The molecule has 0 saturated carbocycles. The fourth-order valence-electron chi connectivity index (χ4n) is 1.61. The van der Waals surface area contributed by atoms with E-state index in [-0.39, 0.29) is 13.0 Å². The van der Waals surface area contributed by atoms with Gasteiger partial charge in [-0.15, -0.1) is 13.2 Å². The van der Waals surface area contributed by atoms with Crippen LogP contribution < -0.4 is 0 Å². The van der Waals surface area contributed by atoms with Crippen LogP contribution in [0.3, 0.4) is 0 Å². The normalized spacial score (nSPS) is 11.6. The number of hydrogen-bond acceptors (Lipinski definition) is 3. The fourth-order valence-corrected chi connectivity index (χ4v) is 1.61. The Morgan fingerprint density at radius 3 is 2.11 bits per heavy atom. The molecule has 3 nitrogen and oxygen atoms in total. The lowest BCUT2D eigenvalue weighted by molar-refractivity contribution is -0.326. The summed E-state index contributed by atoms with van der Waals surface area (Å²) in [5.74, 6) is -0.459. The number of rotatable bonds is 11. The summed E-state index contributed by atoms with van der Waals surface area (Å²) in [6, 6.07) is 0. The second-order valence-electron chi connectivity index (χ2n) is 4.39. The van der Waals surface area contributed by atoms with E-state index in [9.17, 15) is 18.0 Å². The Kier molecular flexibility index (Phi) is 10.6. The van der Waals surface area contributed by atoms with Crippen molar-refractivity contribution in [2.75, 3.05) is 13.2 Å². The van der Waals surface area contributed by atoms with Crippen LogP contribution in [0.5, 0.6) is 0 Å². The number of alkyl halides is 3. The average Bonchev–Trinajstić information content (AvgIpc) is 2.32. The minimum absolute atomic E-state index is 0.264. The van der Waals surface area contributed by atoms with E-state index in [0.717, 1.165) is 19.3 Å². The summed E-state index contributed by atoms with van der Waals surface area (Å²) < 4.78 is 42.9. The molecular formula is C13H23F3O3. The van der Waals surface area contributed by atoms with Crippen LogP contribution >= 0.6 is 0 Å². The number of esters is 1. The van der Waals surface area contributed by atoms with E-state index < -0.39 is 18.9 Å². The van der Waals surface area contributed by atoms with Gasteiger partial charge in [0.2, 0.25) is 0 Å². The number of carbonyl (C=O) groups excluding carboxylic acids is 1. The Morgan fingerprint density at radius 1 is 0.947 bits per heavy atom. The molecule has 0 amide bonds. The maximum Gasteiger partial charge on any atom is 0.522 e. The van der Waals surface area contributed by atoms with Gasteiger partial charge in [-0.25, -0.2) is 0 Å². The summed E-state index contributed by atoms with van der Waals surface area (Å²) in [6.07, 6.45) is 3.20. The van der Waals surface area contributed by atoms with E-state index in [0.29, 0.717) is 0 Å². The number of halogens is 3. The molecule has 0 unspecified atom stereocenters. The van der Waals surface area contributed by atoms with Gasteiger partial charge in [-0.05, 0) is 6.42 Å². The zero-order chi connectivity index (χ0) is 14.6. The maximum absolute atomic E-state index is 11.6. The van der Waals surface area contributed by atoms with Gasteiger partial charge < -0.3 is 4.74 Å². The van der Waals surface area contributed by atoms with Gasteiger partial charge in [0.05, 0.1) is 6.61 Å². The monoisotopic (exact) mass is 284 g/mol. The van der Waals surface area contributed by atoms with Gasteiger partial charge in [-0.1, -0.05) is 45.4 Å². The van der Waals surface area contributed by atoms with E-state index in [1.54, 1.807) is 0 Å². The SMILES string of the molecule is CCCCCCCCCC(=O)OCCOC(F)(F)F. The van der Waals surface area contributed by atoms with Crippen LogP contribution in [0.2, 0.25) is 0 Å². The molecule has 6 heteroatoms. The summed E-state index contributed by atoms with van der Waals surface area (Å²) in [5, 5.41) is 0. The van der Waals surface area contributed by atoms with Crippen molar-refractivity contribution in [3.63, 3.8) is 0 Å². The van der Waals surface area contributed by atoms with Crippen molar-refractivity contribution in [1.82, 2.24) is 0 Å². The highest BCUT2D eigenvalue weighted by atomic mass is 19.4. The molecule has 0 rings (SSSR count). The Bertz CT molecular complexity index is 230. The smallest absolute Gasteiger partial charge is 0.463 e. The first-order chi connectivity index (χ1) is 8.95. The Balaban J connectivity index is 3.26. The molecule has 0 aromatic heterocycles. The zero-order valence-electron chi connectivity index (χ0n) is 11.4. The van der Waals surface area contributed by atoms with E-state index in [2.05, 4.69) is 16.4 Å². The third-order valence-electron chi connectivity index (χ3n) is 2.60. The molecule has 0 radical (unpaired) electrons. The molecule has 0 heterocycles. The van der Waals surface area contributed by atoms with Gasteiger partial charge in [0, 0.05) is 6.42 Å². The lowest BCUT2D eigenvalue weighted by Crippen LogP contribution is -2.18. The summed E-state index contributed by atoms with van der Waals surface area (Å²) in [6.45, 7) is 1.15. The van der Waals surface area contributed by atoms with Crippen molar-refractivity contribution < 1.29 is 27.4 Å². The zero-order valence-corrected chi connectivity index (χ0v) is 11.4. The standard InChI is InChI=1S/C13H23F3O3/c1-2-3-4-5-6-7-8-9-12(17)18-10-11-19-13(14,15)16/h2-11H2,1H3. The topological polar surface area (TPSA) is 35.5 Å². The first kappa shape index (κ1) is 18.2. The van der Waals surface area contributed by atoms with Crippen LogP contribution in [0, 0.1) is 0 Å². The lowest BCUT2D eigenvalue weighted by atomic mass is 10.1. The molecule has 0 spiro atoms. The first-order valence-electron chi connectivity index (χ1n) is 6.82. The molecule has 0 atom stereocenters. The molecule has 19 heavy (non-hydrogen) atoms. The highest BCUT2D eigenvalue weighted by molar-refractivity contribution is 5.69. The van der Waals surface area contributed by atoms with Crippen LogP contribution in [0.15, 0.2) is 0 Å². The minimum Gasteiger partial charge on any atom is -0.463 e. The van der Waals surface area contributed by atoms with Gasteiger partial charge in [0.25, 0.3) is 0 Å². The number of ether oxygens (including phenoxy) is 2. The van der Waals surface area contributed by atoms with Crippen LogP contribution in [0.4, 0.5) is 13.2 Å². The maximum atomic E-state index is 11.6. The molecule has 0 aromatic rings. The first-order valence-corrected chi connectivity index (χ1v) is 6.82. The van der Waals surface area contributed by atoms with Crippen molar-refractivity contribution in [2.24, 2.45) is 0 Å². The van der Waals surface area contributed by atoms with Gasteiger partial charge in [-0.3, -0.25) is 9.53 Å². The quantitative estimate of drug-likeness (QED) is 0.421. The summed E-state index contributed by atoms with van der Waals surface area (Å²) in [4.78, 5) is 11.1. The minimum atomic E-state index is -4.66. The molecule has 0 bridgehead atoms. The predicted molar refractivity (Wildman–Crippen MR) is 65.6 cm³/mol. The molecule has 0 aliphatic carbocycles. The third-order valence-corrected chi connectivity index (χ3v) is 2.60. The Hall–Kier alpha value is -0.780. The molecule has 0 N–H and O–H groups in total. The summed E-state index contributed by atoms with van der Waals surface area (Å²) in [5.41, 5.74) is 0. The largest absolute Gasteiger partial charge is 0.522 e. The number of unbranched alkanes of at least 4 members (excludes halogenated alkanes) is 6. The molecular weight excluding hydrogens is 261 g/mol. The predicted octanol–water partition coefficient (Wildman–Crippen LogP) is 4.21. The van der Waals surface area contributed by atoms with Crippen LogP contribution in [-0.2, 0) is 14.3 Å². The molecule has 114 valence electrons. The molecule has 0 fully saturated rings. The van der Waals surface area contributed by atoms with Gasteiger partial charge >= 0.3 is 12.3 Å². The van der Waals surface area contributed by atoms with Crippen LogP contribution in [0.1, 0.15) is 58.3 Å². The van der Waals surface area contributed by atoms with E-state index >= 15 is 0 Å². The van der Waals surface area contributed by atoms with E-state index in [1.165, 1.54) is 25.7 Å². The van der Waals surface area contributed by atoms with Crippen LogP contribution in [-0.4, -0.2) is 25.5 Å². The third kappa shape index (κ3) is 15.2. The highest BCUT2D eigenvalue weighted by Crippen LogP contribution is 2.15. The van der Waals surface area contributed by atoms with Crippen LogP contribution in [0.25, 0.3) is 0 Å². The van der Waals surface area contributed by atoms with Gasteiger partial charge in [0.1, 0.15) is 6.61 Å². The number of carbonyl (C=O) groups is 1. The summed E-state index contributed by atoms with van der Waals surface area (Å²) in [7, 11) is 0. The second kappa shape index (κ2) is 11.1. The average molecular weight is 284 g/mol. The van der Waals surface area contributed by atoms with E-state index in [4.69, 9.17) is 0 Å². The molecule has 0 aromatic carbocycles.